The lowest BCUT2D eigenvalue weighted by atomic mass is 10.0. The van der Waals surface area contributed by atoms with Crippen molar-refractivity contribution in [3.8, 4) is 17.2 Å². The molecule has 2 aromatic carbocycles. The van der Waals surface area contributed by atoms with Gasteiger partial charge in [-0.15, -0.1) is 0 Å². The van der Waals surface area contributed by atoms with Crippen LogP contribution in [0.5, 0.6) is 17.2 Å². The second-order valence-corrected chi connectivity index (χ2v) is 6.51. The second-order valence-electron chi connectivity index (χ2n) is 6.51. The Morgan fingerprint density at radius 1 is 1.00 bits per heavy atom. The average molecular weight is 414 g/mol. The predicted molar refractivity (Wildman–Crippen MR) is 108 cm³/mol. The quantitative estimate of drug-likeness (QED) is 0.670. The Kier molecular flexibility index (Phi) is 6.10. The van der Waals surface area contributed by atoms with Gasteiger partial charge in [0.05, 0.1) is 33.4 Å². The van der Waals surface area contributed by atoms with Crippen LogP contribution in [0.4, 0.5) is 11.4 Å². The molecule has 2 aromatic rings. The highest BCUT2D eigenvalue weighted by molar-refractivity contribution is 5.99. The molecule has 9 nitrogen and oxygen atoms in total. The van der Waals surface area contributed by atoms with Crippen LogP contribution < -0.4 is 24.8 Å². The molecule has 30 heavy (non-hydrogen) atoms. The van der Waals surface area contributed by atoms with Crippen molar-refractivity contribution in [1.29, 1.82) is 0 Å². The third-order valence-corrected chi connectivity index (χ3v) is 4.54. The summed E-state index contributed by atoms with van der Waals surface area (Å²) in [6.45, 7) is 1.39. The molecule has 0 aliphatic carbocycles. The normalized spacial score (nSPS) is 14.4. The van der Waals surface area contributed by atoms with Gasteiger partial charge in [0, 0.05) is 24.2 Å². The number of esters is 1. The molecule has 0 saturated heterocycles. The molecular weight excluding hydrogens is 392 g/mol. The molecule has 158 valence electrons. The van der Waals surface area contributed by atoms with Crippen LogP contribution in [0.3, 0.4) is 0 Å². The van der Waals surface area contributed by atoms with Gasteiger partial charge in [-0.05, 0) is 18.2 Å². The molecule has 0 bridgehead atoms. The summed E-state index contributed by atoms with van der Waals surface area (Å²) in [7, 11) is 4.37. The molecule has 0 radical (unpaired) electrons. The van der Waals surface area contributed by atoms with Crippen LogP contribution in [0, 0.1) is 0 Å². The van der Waals surface area contributed by atoms with E-state index in [1.54, 1.807) is 30.3 Å². The zero-order valence-electron chi connectivity index (χ0n) is 17.0. The number of cyclic esters (lactones) is 1. The number of ether oxygens (including phenoxy) is 4. The third kappa shape index (κ3) is 4.14. The van der Waals surface area contributed by atoms with Crippen LogP contribution in [0.15, 0.2) is 30.3 Å². The second kappa shape index (κ2) is 8.73. The van der Waals surface area contributed by atoms with E-state index in [0.29, 0.717) is 28.4 Å². The molecule has 9 heteroatoms. The maximum absolute atomic E-state index is 12.6. The van der Waals surface area contributed by atoms with Crippen LogP contribution >= 0.6 is 0 Å². The number of rotatable bonds is 7. The standard InChI is InChI=1S/C21H22N2O7/c1-11(24)22-14-7-5-12(9-17(14)28-3)23-18(25)10-16-13-6-8-15(27-2)20(29-4)19(13)21(26)30-16/h5-9,16H,10H2,1-4H3,(H,22,24)(H,23,25). The third-order valence-electron chi connectivity index (χ3n) is 4.54. The summed E-state index contributed by atoms with van der Waals surface area (Å²) >= 11 is 0. The van der Waals surface area contributed by atoms with Gasteiger partial charge in [0.1, 0.15) is 17.4 Å². The highest BCUT2D eigenvalue weighted by Crippen LogP contribution is 2.43. The average Bonchev–Trinajstić information content (AvgIpc) is 3.03. The van der Waals surface area contributed by atoms with Crippen molar-refractivity contribution in [3.05, 3.63) is 41.5 Å². The number of benzene rings is 2. The number of fused-ring (bicyclic) bond motifs is 1. The molecule has 1 unspecified atom stereocenters. The lowest BCUT2D eigenvalue weighted by molar-refractivity contribution is -0.118. The van der Waals surface area contributed by atoms with Crippen molar-refractivity contribution in [2.24, 2.45) is 0 Å². The monoisotopic (exact) mass is 414 g/mol. The van der Waals surface area contributed by atoms with Crippen molar-refractivity contribution in [2.45, 2.75) is 19.4 Å². The van der Waals surface area contributed by atoms with Gasteiger partial charge < -0.3 is 29.6 Å². The fourth-order valence-corrected chi connectivity index (χ4v) is 3.27. The number of nitrogens with one attached hydrogen (secondary N) is 2. The van der Waals surface area contributed by atoms with Crippen LogP contribution in [-0.2, 0) is 14.3 Å². The van der Waals surface area contributed by atoms with E-state index < -0.39 is 12.1 Å². The molecule has 3 rings (SSSR count). The number of carbonyl (C=O) groups is 3. The molecule has 2 amide bonds. The Hall–Kier alpha value is -3.75. The van der Waals surface area contributed by atoms with Gasteiger partial charge >= 0.3 is 5.97 Å². The van der Waals surface area contributed by atoms with Crippen molar-refractivity contribution in [1.82, 2.24) is 0 Å². The summed E-state index contributed by atoms with van der Waals surface area (Å²) in [5, 5.41) is 5.39. The van der Waals surface area contributed by atoms with Crippen LogP contribution in [0.1, 0.15) is 35.4 Å². The number of amides is 2. The molecule has 0 aromatic heterocycles. The first-order valence-corrected chi connectivity index (χ1v) is 9.09. The van der Waals surface area contributed by atoms with Crippen LogP contribution in [0.25, 0.3) is 0 Å². The first-order valence-electron chi connectivity index (χ1n) is 9.09. The molecule has 0 fully saturated rings. The predicted octanol–water partition coefficient (Wildman–Crippen LogP) is 2.91. The number of hydrogen-bond acceptors (Lipinski definition) is 7. The Morgan fingerprint density at radius 2 is 1.73 bits per heavy atom. The van der Waals surface area contributed by atoms with Gasteiger partial charge in [0.25, 0.3) is 0 Å². The van der Waals surface area contributed by atoms with Crippen LogP contribution in [-0.4, -0.2) is 39.1 Å². The van der Waals surface area contributed by atoms with E-state index >= 15 is 0 Å². The zero-order valence-corrected chi connectivity index (χ0v) is 17.0. The lowest BCUT2D eigenvalue weighted by Gasteiger charge is -2.14. The summed E-state index contributed by atoms with van der Waals surface area (Å²) in [5.74, 6) is -0.0770. The Morgan fingerprint density at radius 3 is 2.37 bits per heavy atom. The SMILES string of the molecule is COc1cc(NC(=O)CC2OC(=O)c3c2ccc(OC)c3OC)ccc1NC(C)=O. The van der Waals surface area contributed by atoms with E-state index in [0.717, 1.165) is 0 Å². The minimum atomic E-state index is -0.743. The van der Waals surface area contributed by atoms with Gasteiger partial charge in [-0.2, -0.15) is 0 Å². The minimum absolute atomic E-state index is 0.0794. The smallest absolute Gasteiger partial charge is 0.343 e. The Bertz CT molecular complexity index is 1000. The van der Waals surface area contributed by atoms with Gasteiger partial charge in [0.15, 0.2) is 11.5 Å². The largest absolute Gasteiger partial charge is 0.494 e. The number of methoxy groups -OCH3 is 3. The fourth-order valence-electron chi connectivity index (χ4n) is 3.27. The maximum Gasteiger partial charge on any atom is 0.343 e. The van der Waals surface area contributed by atoms with Crippen LogP contribution in [0.2, 0.25) is 0 Å². The molecule has 0 saturated carbocycles. The Balaban J connectivity index is 1.76. The summed E-state index contributed by atoms with van der Waals surface area (Å²) in [6.07, 6.45) is -0.822. The highest BCUT2D eigenvalue weighted by Gasteiger charge is 2.36. The molecule has 1 aliphatic rings. The van der Waals surface area contributed by atoms with Crippen molar-refractivity contribution >= 4 is 29.2 Å². The van der Waals surface area contributed by atoms with E-state index in [1.165, 1.54) is 28.3 Å². The minimum Gasteiger partial charge on any atom is -0.494 e. The van der Waals surface area contributed by atoms with Crippen molar-refractivity contribution in [3.63, 3.8) is 0 Å². The van der Waals surface area contributed by atoms with E-state index in [2.05, 4.69) is 10.6 Å². The topological polar surface area (TPSA) is 112 Å². The maximum atomic E-state index is 12.6. The summed E-state index contributed by atoms with van der Waals surface area (Å²) in [6, 6.07) is 8.19. The van der Waals surface area contributed by atoms with Gasteiger partial charge in [0.2, 0.25) is 11.8 Å². The molecule has 1 atom stereocenters. The van der Waals surface area contributed by atoms with Crippen molar-refractivity contribution < 1.29 is 33.3 Å². The summed E-state index contributed by atoms with van der Waals surface area (Å²) in [4.78, 5) is 36.1. The van der Waals surface area contributed by atoms with Gasteiger partial charge in [-0.1, -0.05) is 6.07 Å². The molecule has 1 heterocycles. The van der Waals surface area contributed by atoms with E-state index in [-0.39, 0.29) is 29.5 Å². The lowest BCUT2D eigenvalue weighted by Crippen LogP contribution is -2.16. The number of hydrogen-bond donors (Lipinski definition) is 2. The molecule has 1 aliphatic heterocycles. The van der Waals surface area contributed by atoms with Crippen molar-refractivity contribution in [2.75, 3.05) is 32.0 Å². The highest BCUT2D eigenvalue weighted by atomic mass is 16.6. The fraction of sp³-hybridized carbons (Fsp3) is 0.286. The first-order chi connectivity index (χ1) is 14.4. The summed E-state index contributed by atoms with van der Waals surface area (Å²) < 4.78 is 21.1. The number of anilines is 2. The first kappa shape index (κ1) is 21.0. The molecular formula is C21H22N2O7. The Labute approximate surface area is 173 Å². The number of carbonyl (C=O) groups excluding carboxylic acids is 3. The zero-order chi connectivity index (χ0) is 21.8. The van der Waals surface area contributed by atoms with E-state index in [4.69, 9.17) is 18.9 Å². The van der Waals surface area contributed by atoms with Gasteiger partial charge in [-0.25, -0.2) is 4.79 Å². The summed E-state index contributed by atoms with van der Waals surface area (Å²) in [5.41, 5.74) is 1.79. The van der Waals surface area contributed by atoms with Gasteiger partial charge in [-0.3, -0.25) is 9.59 Å². The molecule has 0 spiro atoms. The van der Waals surface area contributed by atoms with E-state index in [1.807, 2.05) is 0 Å². The van der Waals surface area contributed by atoms with E-state index in [9.17, 15) is 14.4 Å². The molecule has 2 N–H and O–H groups in total.